The first-order valence-electron chi connectivity index (χ1n) is 6.70. The Labute approximate surface area is 138 Å². The summed E-state index contributed by atoms with van der Waals surface area (Å²) < 4.78 is 33.5. The number of hydrogen-bond acceptors (Lipinski definition) is 5. The summed E-state index contributed by atoms with van der Waals surface area (Å²) >= 11 is 3.24. The number of hydrogen-bond donors (Lipinski definition) is 2. The Kier molecular flexibility index (Phi) is 5.43. The lowest BCUT2D eigenvalue weighted by Gasteiger charge is -2.15. The Morgan fingerprint density at radius 2 is 2.14 bits per heavy atom. The van der Waals surface area contributed by atoms with Crippen LogP contribution in [0, 0.1) is 0 Å². The second kappa shape index (κ2) is 6.95. The summed E-state index contributed by atoms with van der Waals surface area (Å²) in [6, 6.07) is 2.99. The third-order valence-corrected chi connectivity index (χ3v) is 4.96. The lowest BCUT2D eigenvalue weighted by atomic mass is 10.2. The van der Waals surface area contributed by atoms with Gasteiger partial charge in [0.05, 0.1) is 12.1 Å². The molecular formula is C13H18BrN3O4S. The second-order valence-corrected chi connectivity index (χ2v) is 7.74. The molecule has 1 amide bonds. The number of carbonyl (C=O) groups excluding carboxylic acids is 1. The minimum atomic E-state index is -3.77. The van der Waals surface area contributed by atoms with Gasteiger partial charge in [-0.3, -0.25) is 4.79 Å². The number of likely N-dealkylation sites (N-methyl/N-ethyl adjacent to an activating group) is 1. The minimum Gasteiger partial charge on any atom is -0.489 e. The molecule has 0 fully saturated rings. The summed E-state index contributed by atoms with van der Waals surface area (Å²) in [6.07, 6.45) is 0. The van der Waals surface area contributed by atoms with Crippen molar-refractivity contribution < 1.29 is 17.9 Å². The lowest BCUT2D eigenvalue weighted by Crippen LogP contribution is -2.31. The SMILES string of the molecule is CN(C)CCNS(=O)(=O)c1cc(Br)cc2c1OCCNC2=O. The maximum atomic E-state index is 12.5. The molecule has 22 heavy (non-hydrogen) atoms. The fraction of sp³-hybridized carbons (Fsp3) is 0.462. The Hall–Kier alpha value is -1.16. The summed E-state index contributed by atoms with van der Waals surface area (Å²) in [5.74, 6) is -0.255. The van der Waals surface area contributed by atoms with Crippen LogP contribution in [0.2, 0.25) is 0 Å². The van der Waals surface area contributed by atoms with Crippen molar-refractivity contribution in [3.63, 3.8) is 0 Å². The molecule has 0 bridgehead atoms. The molecule has 1 aliphatic rings. The quantitative estimate of drug-likeness (QED) is 0.758. The summed E-state index contributed by atoms with van der Waals surface area (Å²) in [6.45, 7) is 1.39. The molecule has 1 heterocycles. The maximum absolute atomic E-state index is 12.5. The number of benzene rings is 1. The maximum Gasteiger partial charge on any atom is 0.255 e. The molecular weight excluding hydrogens is 374 g/mol. The largest absolute Gasteiger partial charge is 0.489 e. The molecule has 1 aliphatic heterocycles. The third kappa shape index (κ3) is 3.97. The molecule has 0 aliphatic carbocycles. The van der Waals surface area contributed by atoms with Crippen LogP contribution in [-0.4, -0.2) is 59.6 Å². The van der Waals surface area contributed by atoms with Crippen LogP contribution in [0.3, 0.4) is 0 Å². The standard InChI is InChI=1S/C13H18BrN3O4S/c1-17(2)5-3-16-22(19,20)11-8-9(14)7-10-12(11)21-6-4-15-13(10)18/h7-8,16H,3-6H2,1-2H3,(H,15,18). The Bertz CT molecular complexity index is 676. The summed E-state index contributed by atoms with van der Waals surface area (Å²) in [5, 5.41) is 2.66. The van der Waals surface area contributed by atoms with Crippen molar-refractivity contribution in [1.82, 2.24) is 14.9 Å². The van der Waals surface area contributed by atoms with Crippen LogP contribution in [0.15, 0.2) is 21.5 Å². The molecule has 0 saturated heterocycles. The number of rotatable bonds is 5. The first kappa shape index (κ1) is 17.2. The first-order chi connectivity index (χ1) is 10.3. The molecule has 9 heteroatoms. The number of nitrogens with zero attached hydrogens (tertiary/aromatic N) is 1. The van der Waals surface area contributed by atoms with E-state index in [2.05, 4.69) is 26.0 Å². The van der Waals surface area contributed by atoms with Gasteiger partial charge in [0.1, 0.15) is 11.5 Å². The molecule has 0 radical (unpaired) electrons. The van der Waals surface area contributed by atoms with E-state index in [4.69, 9.17) is 4.74 Å². The van der Waals surface area contributed by atoms with Gasteiger partial charge in [-0.1, -0.05) is 15.9 Å². The average Bonchev–Trinajstić information content (AvgIpc) is 2.60. The summed E-state index contributed by atoms with van der Waals surface area (Å²) in [7, 11) is -0.0631. The van der Waals surface area contributed by atoms with Gasteiger partial charge in [-0.05, 0) is 26.2 Å². The molecule has 0 aromatic heterocycles. The van der Waals surface area contributed by atoms with Gasteiger partial charge in [-0.25, -0.2) is 13.1 Å². The molecule has 1 aromatic rings. The van der Waals surface area contributed by atoms with E-state index in [0.717, 1.165) is 0 Å². The number of nitrogens with one attached hydrogen (secondary N) is 2. The topological polar surface area (TPSA) is 87.7 Å². The highest BCUT2D eigenvalue weighted by molar-refractivity contribution is 9.10. The van der Waals surface area contributed by atoms with E-state index in [1.807, 2.05) is 19.0 Å². The van der Waals surface area contributed by atoms with Gasteiger partial charge < -0.3 is 15.0 Å². The summed E-state index contributed by atoms with van der Waals surface area (Å²) in [4.78, 5) is 13.8. The minimum absolute atomic E-state index is 0.0346. The van der Waals surface area contributed by atoms with Gasteiger partial charge in [-0.2, -0.15) is 0 Å². The van der Waals surface area contributed by atoms with Gasteiger partial charge in [0, 0.05) is 17.6 Å². The predicted molar refractivity (Wildman–Crippen MR) is 85.7 cm³/mol. The van der Waals surface area contributed by atoms with Gasteiger partial charge in [-0.15, -0.1) is 0 Å². The van der Waals surface area contributed by atoms with Gasteiger partial charge in [0.2, 0.25) is 10.0 Å². The van der Waals surface area contributed by atoms with Crippen LogP contribution in [0.5, 0.6) is 5.75 Å². The van der Waals surface area contributed by atoms with Gasteiger partial charge in [0.15, 0.2) is 5.75 Å². The van der Waals surface area contributed by atoms with E-state index < -0.39 is 10.0 Å². The number of halogens is 1. The Balaban J connectivity index is 2.40. The monoisotopic (exact) mass is 391 g/mol. The van der Waals surface area contributed by atoms with E-state index in [-0.39, 0.29) is 35.3 Å². The average molecular weight is 392 g/mol. The first-order valence-corrected chi connectivity index (χ1v) is 8.98. The highest BCUT2D eigenvalue weighted by Crippen LogP contribution is 2.32. The molecule has 2 N–H and O–H groups in total. The fourth-order valence-corrected chi connectivity index (χ4v) is 3.80. The fourth-order valence-electron chi connectivity index (χ4n) is 1.98. The van der Waals surface area contributed by atoms with E-state index >= 15 is 0 Å². The smallest absolute Gasteiger partial charge is 0.255 e. The van der Waals surface area contributed by atoms with E-state index in [1.165, 1.54) is 6.07 Å². The Morgan fingerprint density at radius 1 is 1.41 bits per heavy atom. The normalized spacial score (nSPS) is 15.0. The second-order valence-electron chi connectivity index (χ2n) is 5.09. The number of carbonyl (C=O) groups is 1. The van der Waals surface area contributed by atoms with Crippen molar-refractivity contribution in [3.05, 3.63) is 22.2 Å². The van der Waals surface area contributed by atoms with Crippen molar-refractivity contribution >= 4 is 31.9 Å². The van der Waals surface area contributed by atoms with Crippen LogP contribution in [0.25, 0.3) is 0 Å². The molecule has 0 saturated carbocycles. The number of amides is 1. The van der Waals surface area contributed by atoms with Crippen LogP contribution >= 0.6 is 15.9 Å². The summed E-state index contributed by atoms with van der Waals surface area (Å²) in [5.41, 5.74) is 0.208. The van der Waals surface area contributed by atoms with Crippen molar-refractivity contribution in [2.75, 3.05) is 40.3 Å². The van der Waals surface area contributed by atoms with E-state index in [0.29, 0.717) is 17.6 Å². The van der Waals surface area contributed by atoms with Crippen LogP contribution < -0.4 is 14.8 Å². The van der Waals surface area contributed by atoms with Crippen molar-refractivity contribution in [3.8, 4) is 5.75 Å². The number of sulfonamides is 1. The van der Waals surface area contributed by atoms with E-state index in [1.54, 1.807) is 6.07 Å². The van der Waals surface area contributed by atoms with Crippen LogP contribution in [0.4, 0.5) is 0 Å². The predicted octanol–water partition coefficient (Wildman–Crippen LogP) is 0.411. The highest BCUT2D eigenvalue weighted by Gasteiger charge is 2.27. The van der Waals surface area contributed by atoms with Crippen molar-refractivity contribution in [2.24, 2.45) is 0 Å². The van der Waals surface area contributed by atoms with Crippen LogP contribution in [0.1, 0.15) is 10.4 Å². The van der Waals surface area contributed by atoms with Gasteiger partial charge >= 0.3 is 0 Å². The zero-order valence-corrected chi connectivity index (χ0v) is 14.8. The molecule has 0 spiro atoms. The molecule has 0 atom stereocenters. The number of ether oxygens (including phenoxy) is 1. The Morgan fingerprint density at radius 3 is 2.82 bits per heavy atom. The number of fused-ring (bicyclic) bond motifs is 1. The zero-order valence-electron chi connectivity index (χ0n) is 12.3. The van der Waals surface area contributed by atoms with Gasteiger partial charge in [0.25, 0.3) is 5.91 Å². The molecule has 122 valence electrons. The van der Waals surface area contributed by atoms with Crippen molar-refractivity contribution in [1.29, 1.82) is 0 Å². The van der Waals surface area contributed by atoms with Crippen LogP contribution in [-0.2, 0) is 10.0 Å². The third-order valence-electron chi connectivity index (χ3n) is 3.04. The molecule has 1 aromatic carbocycles. The molecule has 2 rings (SSSR count). The highest BCUT2D eigenvalue weighted by atomic mass is 79.9. The van der Waals surface area contributed by atoms with Crippen molar-refractivity contribution in [2.45, 2.75) is 4.90 Å². The molecule has 0 unspecified atom stereocenters. The zero-order chi connectivity index (χ0) is 16.3. The van der Waals surface area contributed by atoms with E-state index in [9.17, 15) is 13.2 Å². The lowest BCUT2D eigenvalue weighted by molar-refractivity contribution is 0.0957. The molecule has 7 nitrogen and oxygen atoms in total.